The number of aliphatic hydroxyl groups excluding tert-OH is 1. The van der Waals surface area contributed by atoms with E-state index in [1.54, 1.807) is 0 Å². The van der Waals surface area contributed by atoms with E-state index in [-0.39, 0.29) is 25.7 Å². The highest BCUT2D eigenvalue weighted by Crippen LogP contribution is 2.45. The number of phosphoric ester groups is 2. The summed E-state index contributed by atoms with van der Waals surface area (Å²) >= 11 is 0. The second kappa shape index (κ2) is 78.1. The summed E-state index contributed by atoms with van der Waals surface area (Å²) in [5.41, 5.74) is 0. The lowest BCUT2D eigenvalue weighted by molar-refractivity contribution is -0.161. The van der Waals surface area contributed by atoms with E-state index in [0.29, 0.717) is 32.1 Å². The fraction of sp³-hybridized carbons (Fsp3) is 0.678. The molecule has 0 aliphatic carbocycles. The molecule has 0 spiro atoms. The van der Waals surface area contributed by atoms with Gasteiger partial charge in [0.15, 0.2) is 12.2 Å². The number of phosphoric acid groups is 2. The van der Waals surface area contributed by atoms with Crippen molar-refractivity contribution in [2.24, 2.45) is 0 Å². The Morgan fingerprint density at radius 1 is 0.274 bits per heavy atom. The quantitative estimate of drug-likeness (QED) is 0.0169. The van der Waals surface area contributed by atoms with Crippen LogP contribution in [0.2, 0.25) is 0 Å². The predicted molar refractivity (Wildman–Crippen MR) is 436 cm³/mol. The molecule has 0 aromatic rings. The standard InChI is InChI=1S/C87H146O17P2/c1-5-9-13-17-21-25-29-32-35-38-40-43-46-49-53-56-60-64-68-72-85(90)98-78-83(104-87(92)74-70-66-62-58-54-50-47-44-41-39-36-33-30-26-22-18-14-10-6-2)80-102-106(95,96)100-76-81(88)75-99-105(93,94)101-79-82(103-86(91)73-69-65-61-57-51-28-24-20-16-12-8-4)77-97-84(89)71-67-63-59-55-52-48-45-42-37-34-31-27-23-19-15-11-7-3/h9,11,13,15,21-23,25-27,32-37,40-41,43-44,49,53,60,64,81-83,88H,5-8,10,12,14,16-20,24,28-31,38-39,42,45-48,50-52,54-59,61-63,65-80H2,1-4H3,(H,93,94)(H,95,96)/b13-9-,15-11-,25-21-,26-22-,27-23-,35-32-,36-33-,37-34-,43-40-,44-41-,53-49-,64-60-. The maximum absolute atomic E-state index is 13.1. The molecule has 0 amide bonds. The number of ether oxygens (including phenoxy) is 4. The summed E-state index contributed by atoms with van der Waals surface area (Å²) in [6.07, 6.45) is 89.8. The Morgan fingerprint density at radius 3 is 0.830 bits per heavy atom. The number of hydrogen-bond donors (Lipinski definition) is 3. The van der Waals surface area contributed by atoms with Crippen LogP contribution in [0, 0.1) is 0 Å². The van der Waals surface area contributed by atoms with E-state index in [9.17, 15) is 43.2 Å². The number of carbonyl (C=O) groups is 4. The van der Waals surface area contributed by atoms with E-state index in [1.807, 2.05) is 18.2 Å². The minimum absolute atomic E-state index is 0.0297. The van der Waals surface area contributed by atoms with Crippen LogP contribution in [0.4, 0.5) is 0 Å². The molecule has 0 aromatic heterocycles. The Kier molecular flexibility index (Phi) is 74.3. The van der Waals surface area contributed by atoms with Gasteiger partial charge >= 0.3 is 39.5 Å². The lowest BCUT2D eigenvalue weighted by Gasteiger charge is -2.21. The van der Waals surface area contributed by atoms with Gasteiger partial charge in [-0.2, -0.15) is 0 Å². The molecule has 17 nitrogen and oxygen atoms in total. The highest BCUT2D eigenvalue weighted by molar-refractivity contribution is 7.47. The summed E-state index contributed by atoms with van der Waals surface area (Å²) in [6, 6.07) is 0. The van der Waals surface area contributed by atoms with Gasteiger partial charge in [-0.15, -0.1) is 0 Å². The summed E-state index contributed by atoms with van der Waals surface area (Å²) in [4.78, 5) is 73.0. The summed E-state index contributed by atoms with van der Waals surface area (Å²) in [5, 5.41) is 10.6. The van der Waals surface area contributed by atoms with Gasteiger partial charge in [-0.3, -0.25) is 37.3 Å². The summed E-state index contributed by atoms with van der Waals surface area (Å²) in [5.74, 6) is -2.29. The van der Waals surface area contributed by atoms with Crippen molar-refractivity contribution < 1.29 is 80.2 Å². The second-order valence-electron chi connectivity index (χ2n) is 27.0. The highest BCUT2D eigenvalue weighted by Gasteiger charge is 2.30. The van der Waals surface area contributed by atoms with Crippen LogP contribution in [0.5, 0.6) is 0 Å². The molecule has 106 heavy (non-hydrogen) atoms. The zero-order valence-electron chi connectivity index (χ0n) is 66.3. The van der Waals surface area contributed by atoms with Crippen molar-refractivity contribution in [3.8, 4) is 0 Å². The summed E-state index contributed by atoms with van der Waals surface area (Å²) in [6.45, 7) is 4.52. The van der Waals surface area contributed by atoms with Gasteiger partial charge in [-0.05, 0) is 135 Å². The van der Waals surface area contributed by atoms with E-state index < -0.39 is 97.5 Å². The molecule has 0 aromatic carbocycles. The predicted octanol–water partition coefficient (Wildman–Crippen LogP) is 24.2. The monoisotopic (exact) mass is 1530 g/mol. The first-order chi connectivity index (χ1) is 51.7. The van der Waals surface area contributed by atoms with E-state index in [0.717, 1.165) is 180 Å². The average Bonchev–Trinajstić information content (AvgIpc) is 0.901. The van der Waals surface area contributed by atoms with Crippen molar-refractivity contribution in [2.45, 2.75) is 341 Å². The van der Waals surface area contributed by atoms with Crippen molar-refractivity contribution in [1.29, 1.82) is 0 Å². The molecule has 0 saturated carbocycles. The minimum Gasteiger partial charge on any atom is -0.462 e. The molecule has 0 aliphatic heterocycles. The summed E-state index contributed by atoms with van der Waals surface area (Å²) in [7, 11) is -9.99. The van der Waals surface area contributed by atoms with Crippen molar-refractivity contribution in [3.63, 3.8) is 0 Å². The summed E-state index contributed by atoms with van der Waals surface area (Å²) < 4.78 is 68.6. The Hall–Kier alpha value is -5.06. The van der Waals surface area contributed by atoms with Crippen LogP contribution >= 0.6 is 15.6 Å². The van der Waals surface area contributed by atoms with E-state index >= 15 is 0 Å². The normalized spacial score (nSPS) is 14.6. The third kappa shape index (κ3) is 77.1. The van der Waals surface area contributed by atoms with Gasteiger partial charge in [0.2, 0.25) is 0 Å². The minimum atomic E-state index is -5.00. The zero-order chi connectivity index (χ0) is 77.4. The van der Waals surface area contributed by atoms with Gasteiger partial charge in [0, 0.05) is 25.7 Å². The lowest BCUT2D eigenvalue weighted by Crippen LogP contribution is -2.30. The van der Waals surface area contributed by atoms with Crippen LogP contribution in [-0.4, -0.2) is 96.7 Å². The number of aliphatic hydroxyl groups is 1. The number of hydrogen-bond acceptors (Lipinski definition) is 15. The first-order valence-electron chi connectivity index (χ1n) is 41.1. The molecule has 0 heterocycles. The Bertz CT molecular complexity index is 2580. The molecule has 0 fully saturated rings. The molecule has 0 bridgehead atoms. The largest absolute Gasteiger partial charge is 0.472 e. The van der Waals surface area contributed by atoms with Crippen molar-refractivity contribution in [2.75, 3.05) is 39.6 Å². The maximum Gasteiger partial charge on any atom is 0.472 e. The molecule has 0 radical (unpaired) electrons. The van der Waals surface area contributed by atoms with Crippen LogP contribution in [0.1, 0.15) is 323 Å². The van der Waals surface area contributed by atoms with Gasteiger partial charge in [-0.25, -0.2) is 9.13 Å². The van der Waals surface area contributed by atoms with Gasteiger partial charge < -0.3 is 33.8 Å². The number of unbranched alkanes of at least 4 members (excludes halogenated alkanes) is 26. The highest BCUT2D eigenvalue weighted by atomic mass is 31.2. The van der Waals surface area contributed by atoms with Crippen molar-refractivity contribution in [3.05, 3.63) is 146 Å². The molecular weight excluding hydrogens is 1380 g/mol. The number of carbonyl (C=O) groups excluding carboxylic acids is 4. The van der Waals surface area contributed by atoms with Gasteiger partial charge in [-0.1, -0.05) is 308 Å². The Morgan fingerprint density at radius 2 is 0.509 bits per heavy atom. The maximum atomic E-state index is 13.1. The SMILES string of the molecule is CC/C=C\C/C=C\C/C=C\C/C=C\C/C=C\C/C=C\CCC(=O)OCC(COP(=O)(O)OCC(O)COP(=O)(O)OCC(COC(=O)CCCCCCCCC/C=C\C/C=C\C/C=C\CC)OC(=O)CCCCCCCCCCCCC)OC(=O)CCCCCCCC/C=C\C/C=C\C/C=C\CCCCC. The third-order valence-corrected chi connectivity index (χ3v) is 18.7. The van der Waals surface area contributed by atoms with E-state index in [1.165, 1.54) is 57.8 Å². The molecule has 19 heteroatoms. The van der Waals surface area contributed by atoms with Crippen LogP contribution in [0.25, 0.3) is 0 Å². The molecule has 0 aliphatic rings. The van der Waals surface area contributed by atoms with E-state index in [4.69, 9.17) is 37.0 Å². The fourth-order valence-corrected chi connectivity index (χ4v) is 12.2. The third-order valence-electron chi connectivity index (χ3n) is 16.8. The van der Waals surface area contributed by atoms with Gasteiger partial charge in [0.1, 0.15) is 19.3 Å². The molecule has 5 atom stereocenters. The topological polar surface area (TPSA) is 237 Å². The lowest BCUT2D eigenvalue weighted by atomic mass is 10.1. The van der Waals surface area contributed by atoms with Crippen LogP contribution in [-0.2, 0) is 65.4 Å². The number of esters is 4. The smallest absolute Gasteiger partial charge is 0.462 e. The molecule has 606 valence electrons. The average molecular weight is 1530 g/mol. The number of rotatable bonds is 76. The van der Waals surface area contributed by atoms with Gasteiger partial charge in [0.25, 0.3) is 0 Å². The molecule has 0 rings (SSSR count). The number of allylic oxidation sites excluding steroid dienone is 24. The molecule has 5 unspecified atom stereocenters. The first kappa shape index (κ1) is 101. The Labute approximate surface area is 643 Å². The second-order valence-corrected chi connectivity index (χ2v) is 29.9. The van der Waals surface area contributed by atoms with Crippen molar-refractivity contribution >= 4 is 39.5 Å². The van der Waals surface area contributed by atoms with Crippen LogP contribution in [0.15, 0.2) is 146 Å². The first-order valence-corrected chi connectivity index (χ1v) is 44.1. The van der Waals surface area contributed by atoms with E-state index in [2.05, 4.69) is 155 Å². The van der Waals surface area contributed by atoms with Crippen molar-refractivity contribution in [1.82, 2.24) is 0 Å². The fourth-order valence-electron chi connectivity index (χ4n) is 10.6. The van der Waals surface area contributed by atoms with Crippen LogP contribution in [0.3, 0.4) is 0 Å². The molecule has 3 N–H and O–H groups in total. The zero-order valence-corrected chi connectivity index (χ0v) is 68.1. The Balaban J connectivity index is 5.42. The molecular formula is C87H146O17P2. The van der Waals surface area contributed by atoms with Gasteiger partial charge in [0.05, 0.1) is 26.4 Å². The molecule has 0 saturated heterocycles. The van der Waals surface area contributed by atoms with Crippen LogP contribution < -0.4 is 0 Å².